The summed E-state index contributed by atoms with van der Waals surface area (Å²) in [4.78, 5) is 0. The van der Waals surface area contributed by atoms with Gasteiger partial charge in [-0.3, -0.25) is 0 Å². The van der Waals surface area contributed by atoms with Gasteiger partial charge in [0.25, 0.3) is 0 Å². The fraction of sp³-hybridized carbons (Fsp3) is 0.857. The van der Waals surface area contributed by atoms with Gasteiger partial charge in [-0.25, -0.2) is 0 Å². The first-order valence-corrected chi connectivity index (χ1v) is 12.8. The Hall–Kier alpha value is -0.600. The number of aliphatic hydroxyl groups excluding tert-OH is 1. The lowest BCUT2D eigenvalue weighted by Crippen LogP contribution is -2.49. The summed E-state index contributed by atoms with van der Waals surface area (Å²) < 4.78 is 0. The summed E-state index contributed by atoms with van der Waals surface area (Å²) in [5, 5.41) is 20.5. The van der Waals surface area contributed by atoms with Crippen molar-refractivity contribution in [3.63, 3.8) is 0 Å². The standard InChI is InChI=1S/C28H46O2/c1-18(7-8-19(2)26(3,4)30)23-11-12-24-22-10-9-20-17-21(29)13-15-27(20,5)25(22)14-16-28(23,24)6/h10,18,20-21,23-25,29-30H,2,7-9,11-17H2,1,3-6H3. The van der Waals surface area contributed by atoms with Gasteiger partial charge in [0.2, 0.25) is 0 Å². The van der Waals surface area contributed by atoms with Gasteiger partial charge in [0, 0.05) is 0 Å². The fourth-order valence-electron chi connectivity index (χ4n) is 8.37. The van der Waals surface area contributed by atoms with Crippen LogP contribution in [0.2, 0.25) is 0 Å². The van der Waals surface area contributed by atoms with Crippen LogP contribution in [0.5, 0.6) is 0 Å². The third-order valence-electron chi connectivity index (χ3n) is 10.6. The van der Waals surface area contributed by atoms with Crippen LogP contribution in [0.4, 0.5) is 0 Å². The molecule has 0 radical (unpaired) electrons. The van der Waals surface area contributed by atoms with Gasteiger partial charge in [-0.1, -0.05) is 39.0 Å². The first kappa shape index (κ1) is 22.6. The maximum Gasteiger partial charge on any atom is 0.0798 e. The van der Waals surface area contributed by atoms with Crippen molar-refractivity contribution in [1.82, 2.24) is 0 Å². The maximum atomic E-state index is 10.2. The summed E-state index contributed by atoms with van der Waals surface area (Å²) in [5.74, 6) is 3.69. The molecule has 0 bridgehead atoms. The normalized spacial score (nSPS) is 44.5. The van der Waals surface area contributed by atoms with Gasteiger partial charge in [-0.15, -0.1) is 0 Å². The Morgan fingerprint density at radius 3 is 2.50 bits per heavy atom. The zero-order chi connectivity index (χ0) is 21.9. The second-order valence-electron chi connectivity index (χ2n) is 12.6. The second-order valence-corrected chi connectivity index (χ2v) is 12.6. The minimum Gasteiger partial charge on any atom is -0.393 e. The highest BCUT2D eigenvalue weighted by Crippen LogP contribution is 2.67. The molecule has 2 heteroatoms. The van der Waals surface area contributed by atoms with E-state index in [1.807, 2.05) is 19.4 Å². The number of rotatable bonds is 5. The molecular weight excluding hydrogens is 368 g/mol. The van der Waals surface area contributed by atoms with Crippen molar-refractivity contribution in [2.75, 3.05) is 0 Å². The van der Waals surface area contributed by atoms with Crippen LogP contribution < -0.4 is 0 Å². The Balaban J connectivity index is 1.49. The highest BCUT2D eigenvalue weighted by molar-refractivity contribution is 5.27. The van der Waals surface area contributed by atoms with E-state index in [1.165, 1.54) is 38.5 Å². The Morgan fingerprint density at radius 2 is 1.80 bits per heavy atom. The van der Waals surface area contributed by atoms with Crippen LogP contribution in [0.15, 0.2) is 23.8 Å². The first-order chi connectivity index (χ1) is 14.0. The number of aliphatic hydroxyl groups is 2. The van der Waals surface area contributed by atoms with Crippen LogP contribution in [0.3, 0.4) is 0 Å². The van der Waals surface area contributed by atoms with Crippen molar-refractivity contribution in [3.8, 4) is 0 Å². The Labute approximate surface area is 185 Å². The Morgan fingerprint density at radius 1 is 1.13 bits per heavy atom. The highest BCUT2D eigenvalue weighted by atomic mass is 16.3. The molecule has 0 heterocycles. The predicted octanol–water partition coefficient (Wildman–Crippen LogP) is 6.67. The molecule has 2 N–H and O–H groups in total. The van der Waals surface area contributed by atoms with Gasteiger partial charge >= 0.3 is 0 Å². The molecule has 30 heavy (non-hydrogen) atoms. The lowest BCUT2D eigenvalue weighted by Gasteiger charge is -2.57. The molecule has 8 unspecified atom stereocenters. The molecule has 0 aromatic rings. The van der Waals surface area contributed by atoms with Crippen molar-refractivity contribution in [3.05, 3.63) is 23.8 Å². The molecule has 3 fully saturated rings. The quantitative estimate of drug-likeness (QED) is 0.493. The summed E-state index contributed by atoms with van der Waals surface area (Å²) in [6.07, 6.45) is 14.5. The largest absolute Gasteiger partial charge is 0.393 e. The minimum absolute atomic E-state index is 0.0674. The average molecular weight is 415 g/mol. The van der Waals surface area contributed by atoms with Crippen LogP contribution in [-0.2, 0) is 0 Å². The van der Waals surface area contributed by atoms with Crippen LogP contribution in [0, 0.1) is 40.4 Å². The molecule has 4 aliphatic carbocycles. The van der Waals surface area contributed by atoms with E-state index in [-0.39, 0.29) is 6.10 Å². The predicted molar refractivity (Wildman–Crippen MR) is 125 cm³/mol. The van der Waals surface area contributed by atoms with Crippen LogP contribution in [0.25, 0.3) is 0 Å². The van der Waals surface area contributed by atoms with Crippen LogP contribution in [0.1, 0.15) is 98.8 Å². The lowest BCUT2D eigenvalue weighted by atomic mass is 9.47. The van der Waals surface area contributed by atoms with E-state index in [9.17, 15) is 10.2 Å². The van der Waals surface area contributed by atoms with Gasteiger partial charge in [0.15, 0.2) is 0 Å². The van der Waals surface area contributed by atoms with E-state index in [0.29, 0.717) is 22.7 Å². The molecule has 0 aromatic carbocycles. The SMILES string of the molecule is C=C(CCC(C)C1CCC2C3=CCC4CC(O)CCC4(C)C3CCC21C)C(C)(C)O. The summed E-state index contributed by atoms with van der Waals surface area (Å²) in [6.45, 7) is 15.5. The fourth-order valence-corrected chi connectivity index (χ4v) is 8.37. The smallest absolute Gasteiger partial charge is 0.0798 e. The van der Waals surface area contributed by atoms with Crippen molar-refractivity contribution in [2.24, 2.45) is 40.4 Å². The van der Waals surface area contributed by atoms with Crippen molar-refractivity contribution < 1.29 is 10.2 Å². The molecule has 4 rings (SSSR count). The van der Waals surface area contributed by atoms with Gasteiger partial charge in [-0.2, -0.15) is 0 Å². The average Bonchev–Trinajstić information content (AvgIpc) is 3.03. The molecule has 0 aliphatic heterocycles. The van der Waals surface area contributed by atoms with E-state index in [4.69, 9.17) is 0 Å². The highest BCUT2D eigenvalue weighted by Gasteiger charge is 2.58. The number of hydrogen-bond acceptors (Lipinski definition) is 2. The monoisotopic (exact) mass is 414 g/mol. The first-order valence-electron chi connectivity index (χ1n) is 12.8. The van der Waals surface area contributed by atoms with E-state index in [1.54, 1.807) is 0 Å². The van der Waals surface area contributed by atoms with E-state index in [2.05, 4.69) is 33.4 Å². The summed E-state index contributed by atoms with van der Waals surface area (Å²) >= 11 is 0. The molecule has 2 nitrogen and oxygen atoms in total. The van der Waals surface area contributed by atoms with Crippen molar-refractivity contribution in [1.29, 1.82) is 0 Å². The van der Waals surface area contributed by atoms with E-state index in [0.717, 1.165) is 49.0 Å². The maximum absolute atomic E-state index is 10.2. The minimum atomic E-state index is -0.758. The third-order valence-corrected chi connectivity index (χ3v) is 10.6. The third kappa shape index (κ3) is 3.64. The molecule has 0 spiro atoms. The topological polar surface area (TPSA) is 40.5 Å². The van der Waals surface area contributed by atoms with Gasteiger partial charge in [0.1, 0.15) is 0 Å². The second kappa shape index (κ2) is 7.77. The zero-order valence-corrected chi connectivity index (χ0v) is 20.2. The van der Waals surface area contributed by atoms with Crippen molar-refractivity contribution in [2.45, 2.75) is 111 Å². The summed E-state index contributed by atoms with van der Waals surface area (Å²) in [6, 6.07) is 0. The number of allylic oxidation sites excluding steroid dienone is 2. The zero-order valence-electron chi connectivity index (χ0n) is 20.2. The van der Waals surface area contributed by atoms with Crippen LogP contribution >= 0.6 is 0 Å². The van der Waals surface area contributed by atoms with E-state index >= 15 is 0 Å². The molecule has 0 aromatic heterocycles. The molecule has 3 saturated carbocycles. The lowest BCUT2D eigenvalue weighted by molar-refractivity contribution is -0.0427. The van der Waals surface area contributed by atoms with Gasteiger partial charge < -0.3 is 10.2 Å². The van der Waals surface area contributed by atoms with Crippen molar-refractivity contribution >= 4 is 0 Å². The van der Waals surface area contributed by atoms with Crippen LogP contribution in [-0.4, -0.2) is 21.9 Å². The molecular formula is C28H46O2. The number of hydrogen-bond donors (Lipinski definition) is 2. The van der Waals surface area contributed by atoms with Gasteiger partial charge in [0.05, 0.1) is 11.7 Å². The molecule has 4 aliphatic rings. The van der Waals surface area contributed by atoms with E-state index < -0.39 is 5.60 Å². The molecule has 0 amide bonds. The summed E-state index contributed by atoms with van der Waals surface area (Å²) in [7, 11) is 0. The molecule has 0 saturated heterocycles. The molecule has 170 valence electrons. The van der Waals surface area contributed by atoms with Gasteiger partial charge in [-0.05, 0) is 124 Å². The number of fused-ring (bicyclic) bond motifs is 5. The molecule has 8 atom stereocenters. The Kier molecular flexibility index (Phi) is 5.85. The summed E-state index contributed by atoms with van der Waals surface area (Å²) in [5.41, 5.74) is 2.89. The Bertz CT molecular complexity index is 700.